The first kappa shape index (κ1) is 17.6. The zero-order chi connectivity index (χ0) is 19.6. The summed E-state index contributed by atoms with van der Waals surface area (Å²) in [6.07, 6.45) is 0.925. The van der Waals surface area contributed by atoms with E-state index >= 15 is 0 Å². The van der Waals surface area contributed by atoms with Crippen molar-refractivity contribution >= 4 is 32.3 Å². The van der Waals surface area contributed by atoms with Crippen LogP contribution >= 0.6 is 11.3 Å². The highest BCUT2D eigenvalue weighted by Crippen LogP contribution is 2.20. The molecule has 0 unspecified atom stereocenters. The highest BCUT2D eigenvalue weighted by molar-refractivity contribution is 7.20. The van der Waals surface area contributed by atoms with E-state index < -0.39 is 0 Å². The van der Waals surface area contributed by atoms with E-state index in [4.69, 9.17) is 0 Å². The molecule has 6 heteroatoms. The van der Waals surface area contributed by atoms with Gasteiger partial charge in [0.2, 0.25) is 10.1 Å². The zero-order valence-corrected chi connectivity index (χ0v) is 16.4. The average molecular weight is 398 g/mol. The number of hydrogen-bond donors (Lipinski definition) is 1. The summed E-state index contributed by atoms with van der Waals surface area (Å²) in [7, 11) is 0. The topological polar surface area (TPSA) is 59.3 Å². The van der Waals surface area contributed by atoms with Gasteiger partial charge in [0.1, 0.15) is 0 Å². The molecule has 0 amide bonds. The van der Waals surface area contributed by atoms with Gasteiger partial charge in [0.15, 0.2) is 0 Å². The first-order valence-electron chi connectivity index (χ1n) is 9.40. The van der Waals surface area contributed by atoms with Crippen LogP contribution in [0.4, 0.5) is 5.13 Å². The molecule has 0 aliphatic rings. The van der Waals surface area contributed by atoms with Crippen molar-refractivity contribution in [1.82, 2.24) is 14.6 Å². The summed E-state index contributed by atoms with van der Waals surface area (Å²) >= 11 is 1.38. The second-order valence-corrected chi connectivity index (χ2v) is 7.82. The third-order valence-corrected chi connectivity index (χ3v) is 5.69. The Morgan fingerprint density at radius 3 is 2.34 bits per heavy atom. The zero-order valence-electron chi connectivity index (χ0n) is 15.6. The molecule has 0 bridgehead atoms. The molecule has 29 heavy (non-hydrogen) atoms. The predicted octanol–water partition coefficient (Wildman–Crippen LogP) is 4.51. The lowest BCUT2D eigenvalue weighted by molar-refractivity contribution is 0.910. The van der Waals surface area contributed by atoms with Crippen LogP contribution in [0, 0.1) is 0 Å². The molecule has 3 aromatic carbocycles. The van der Waals surface area contributed by atoms with Gasteiger partial charge in [-0.05, 0) is 35.2 Å². The second kappa shape index (κ2) is 7.48. The molecule has 5 rings (SSSR count). The first-order valence-corrected chi connectivity index (χ1v) is 10.2. The SMILES string of the molecule is O=c1c2ccccc2nc2sc(NCc3ccc(Cc4ccccc4)cc3)nn12. The molecule has 5 nitrogen and oxygen atoms in total. The van der Waals surface area contributed by atoms with Crippen LogP contribution in [-0.4, -0.2) is 14.6 Å². The summed E-state index contributed by atoms with van der Waals surface area (Å²) in [5.41, 5.74) is 4.30. The summed E-state index contributed by atoms with van der Waals surface area (Å²) in [4.78, 5) is 17.7. The maximum absolute atomic E-state index is 12.6. The Bertz CT molecular complexity index is 1340. The minimum atomic E-state index is -0.139. The predicted molar refractivity (Wildman–Crippen MR) is 118 cm³/mol. The van der Waals surface area contributed by atoms with Crippen LogP contribution in [0.25, 0.3) is 15.9 Å². The van der Waals surface area contributed by atoms with E-state index in [1.165, 1.54) is 27.0 Å². The maximum atomic E-state index is 12.6. The largest absolute Gasteiger partial charge is 0.356 e. The van der Waals surface area contributed by atoms with Crippen molar-refractivity contribution in [2.45, 2.75) is 13.0 Å². The number of nitrogens with zero attached hydrogens (tertiary/aromatic N) is 3. The number of hydrogen-bond acceptors (Lipinski definition) is 5. The van der Waals surface area contributed by atoms with Gasteiger partial charge in [-0.2, -0.15) is 4.52 Å². The van der Waals surface area contributed by atoms with Gasteiger partial charge in [-0.3, -0.25) is 4.79 Å². The fourth-order valence-corrected chi connectivity index (χ4v) is 4.10. The summed E-state index contributed by atoms with van der Waals surface area (Å²) in [5, 5.41) is 8.97. The molecule has 142 valence electrons. The van der Waals surface area contributed by atoms with Crippen LogP contribution in [0.5, 0.6) is 0 Å². The van der Waals surface area contributed by atoms with Crippen molar-refractivity contribution in [3.8, 4) is 0 Å². The summed E-state index contributed by atoms with van der Waals surface area (Å²) in [5.74, 6) is 0. The fraction of sp³-hybridized carbons (Fsp3) is 0.0870. The normalized spacial score (nSPS) is 11.2. The van der Waals surface area contributed by atoms with E-state index in [9.17, 15) is 4.79 Å². The van der Waals surface area contributed by atoms with E-state index in [1.807, 2.05) is 24.3 Å². The number of nitrogens with one attached hydrogen (secondary N) is 1. The third-order valence-electron chi connectivity index (χ3n) is 4.82. The standard InChI is InChI=1S/C23H18N4OS/c28-21-19-8-4-5-9-20(19)25-23-27(21)26-22(29-23)24-15-18-12-10-17(11-13-18)14-16-6-2-1-3-7-16/h1-13H,14-15H2,(H,24,26). The summed E-state index contributed by atoms with van der Waals surface area (Å²) in [6, 6.07) is 26.3. The Morgan fingerprint density at radius 1 is 0.828 bits per heavy atom. The Labute approximate surface area is 171 Å². The van der Waals surface area contributed by atoms with Gasteiger partial charge < -0.3 is 5.32 Å². The fourth-order valence-electron chi connectivity index (χ4n) is 3.31. The Kier molecular flexibility index (Phi) is 4.54. The van der Waals surface area contributed by atoms with Crippen LogP contribution in [0.3, 0.4) is 0 Å². The molecular weight excluding hydrogens is 380 g/mol. The highest BCUT2D eigenvalue weighted by atomic mass is 32.1. The number of anilines is 1. The molecule has 5 aromatic rings. The van der Waals surface area contributed by atoms with E-state index in [0.29, 0.717) is 27.5 Å². The number of benzene rings is 3. The van der Waals surface area contributed by atoms with E-state index in [1.54, 1.807) is 6.07 Å². The lowest BCUT2D eigenvalue weighted by atomic mass is 10.0. The van der Waals surface area contributed by atoms with Gasteiger partial charge in [0, 0.05) is 6.54 Å². The molecule has 0 fully saturated rings. The van der Waals surface area contributed by atoms with Crippen molar-refractivity contribution in [2.75, 3.05) is 5.32 Å². The molecule has 2 aromatic heterocycles. The number of para-hydroxylation sites is 1. The second-order valence-electron chi connectivity index (χ2n) is 6.87. The number of fused-ring (bicyclic) bond motifs is 2. The van der Waals surface area contributed by atoms with Crippen molar-refractivity contribution in [1.29, 1.82) is 0 Å². The van der Waals surface area contributed by atoms with Crippen LogP contribution in [0.1, 0.15) is 16.7 Å². The van der Waals surface area contributed by atoms with E-state index in [2.05, 4.69) is 63.9 Å². The minimum Gasteiger partial charge on any atom is -0.356 e. The Morgan fingerprint density at radius 2 is 1.52 bits per heavy atom. The molecule has 0 spiro atoms. The van der Waals surface area contributed by atoms with E-state index in [-0.39, 0.29) is 5.56 Å². The third kappa shape index (κ3) is 3.62. The average Bonchev–Trinajstić information content (AvgIpc) is 3.17. The molecule has 2 heterocycles. The number of aromatic nitrogens is 3. The summed E-state index contributed by atoms with van der Waals surface area (Å²) < 4.78 is 1.37. The summed E-state index contributed by atoms with van der Waals surface area (Å²) in [6.45, 7) is 0.639. The van der Waals surface area contributed by atoms with Crippen LogP contribution in [0.2, 0.25) is 0 Å². The van der Waals surface area contributed by atoms with Gasteiger partial charge >= 0.3 is 0 Å². The molecule has 0 atom stereocenters. The van der Waals surface area contributed by atoms with Crippen molar-refractivity contribution in [3.05, 3.63) is 106 Å². The lowest BCUT2D eigenvalue weighted by Crippen LogP contribution is -2.15. The lowest BCUT2D eigenvalue weighted by Gasteiger charge is -2.05. The molecule has 1 N–H and O–H groups in total. The van der Waals surface area contributed by atoms with Crippen molar-refractivity contribution in [3.63, 3.8) is 0 Å². The highest BCUT2D eigenvalue weighted by Gasteiger charge is 2.10. The van der Waals surface area contributed by atoms with Gasteiger partial charge in [0.25, 0.3) is 5.56 Å². The quantitative estimate of drug-likeness (QED) is 0.473. The van der Waals surface area contributed by atoms with Gasteiger partial charge in [-0.15, -0.1) is 5.10 Å². The molecule has 0 aliphatic carbocycles. The minimum absolute atomic E-state index is 0.139. The molecule has 0 aliphatic heterocycles. The van der Waals surface area contributed by atoms with Crippen molar-refractivity contribution in [2.24, 2.45) is 0 Å². The van der Waals surface area contributed by atoms with Crippen LogP contribution in [0.15, 0.2) is 83.7 Å². The smallest absolute Gasteiger partial charge is 0.283 e. The maximum Gasteiger partial charge on any atom is 0.283 e. The van der Waals surface area contributed by atoms with Gasteiger partial charge in [-0.1, -0.05) is 78.1 Å². The molecular formula is C23H18N4OS. The molecule has 0 radical (unpaired) electrons. The van der Waals surface area contributed by atoms with Gasteiger partial charge in [0.05, 0.1) is 10.9 Å². The van der Waals surface area contributed by atoms with Crippen LogP contribution < -0.4 is 10.9 Å². The number of rotatable bonds is 5. The molecule has 0 saturated carbocycles. The van der Waals surface area contributed by atoms with Gasteiger partial charge in [-0.25, -0.2) is 4.98 Å². The monoisotopic (exact) mass is 398 g/mol. The Balaban J connectivity index is 1.32. The Hall–Kier alpha value is -3.51. The first-order chi connectivity index (χ1) is 14.3. The van der Waals surface area contributed by atoms with Crippen molar-refractivity contribution < 1.29 is 0 Å². The van der Waals surface area contributed by atoms with E-state index in [0.717, 1.165) is 12.0 Å². The van der Waals surface area contributed by atoms with Crippen LogP contribution in [-0.2, 0) is 13.0 Å². The molecule has 0 saturated heterocycles.